The van der Waals surface area contributed by atoms with E-state index in [4.69, 9.17) is 4.74 Å². The van der Waals surface area contributed by atoms with Crippen LogP contribution in [0.3, 0.4) is 0 Å². The molecule has 1 N–H and O–H groups in total. The summed E-state index contributed by atoms with van der Waals surface area (Å²) in [4.78, 5) is 2.09. The van der Waals surface area contributed by atoms with Gasteiger partial charge in [0.05, 0.1) is 17.2 Å². The monoisotopic (exact) mass is 301 g/mol. The van der Waals surface area contributed by atoms with Crippen molar-refractivity contribution in [3.8, 4) is 5.75 Å². The first-order chi connectivity index (χ1) is 7.81. The predicted octanol–water partition coefficient (Wildman–Crippen LogP) is 2.66. The SMILES string of the molecule is COc1ccc(CN(C)CC(C)(C)O)cc1Br. The second kappa shape index (κ2) is 5.85. The highest BCUT2D eigenvalue weighted by atomic mass is 79.9. The molecule has 0 fully saturated rings. The minimum Gasteiger partial charge on any atom is -0.496 e. The Kier molecular flexibility index (Phi) is 4.98. The van der Waals surface area contributed by atoms with Crippen molar-refractivity contribution in [2.45, 2.75) is 26.0 Å². The Labute approximate surface area is 112 Å². The number of likely N-dealkylation sites (N-methyl/N-ethyl adjacent to an activating group) is 1. The minimum atomic E-state index is -0.668. The Bertz CT molecular complexity index is 374. The molecule has 0 aliphatic carbocycles. The molecule has 0 radical (unpaired) electrons. The summed E-state index contributed by atoms with van der Waals surface area (Å²) in [6, 6.07) is 6.02. The largest absolute Gasteiger partial charge is 0.496 e. The van der Waals surface area contributed by atoms with Gasteiger partial charge in [-0.1, -0.05) is 6.07 Å². The molecule has 3 nitrogen and oxygen atoms in total. The zero-order valence-electron chi connectivity index (χ0n) is 10.8. The molecule has 0 spiro atoms. The molecular weight excluding hydrogens is 282 g/mol. The summed E-state index contributed by atoms with van der Waals surface area (Å²) >= 11 is 3.47. The van der Waals surface area contributed by atoms with Gasteiger partial charge in [0.2, 0.25) is 0 Å². The van der Waals surface area contributed by atoms with Crippen LogP contribution in [0.15, 0.2) is 22.7 Å². The van der Waals surface area contributed by atoms with Crippen LogP contribution in [0.25, 0.3) is 0 Å². The predicted molar refractivity (Wildman–Crippen MR) is 73.3 cm³/mol. The lowest BCUT2D eigenvalue weighted by atomic mass is 10.1. The third-order valence-electron chi connectivity index (χ3n) is 2.33. The molecule has 17 heavy (non-hydrogen) atoms. The third-order valence-corrected chi connectivity index (χ3v) is 2.95. The maximum Gasteiger partial charge on any atom is 0.133 e. The first kappa shape index (κ1) is 14.5. The Morgan fingerprint density at radius 3 is 2.53 bits per heavy atom. The zero-order chi connectivity index (χ0) is 13.1. The van der Waals surface area contributed by atoms with Gasteiger partial charge in [-0.15, -0.1) is 0 Å². The molecule has 4 heteroatoms. The molecule has 0 heterocycles. The first-order valence-electron chi connectivity index (χ1n) is 5.55. The van der Waals surface area contributed by atoms with Crippen molar-refractivity contribution in [2.75, 3.05) is 20.7 Å². The zero-order valence-corrected chi connectivity index (χ0v) is 12.4. The molecule has 1 aromatic carbocycles. The van der Waals surface area contributed by atoms with Gasteiger partial charge in [0.1, 0.15) is 5.75 Å². The molecule has 0 bridgehead atoms. The quantitative estimate of drug-likeness (QED) is 0.907. The van der Waals surface area contributed by atoms with E-state index in [0.29, 0.717) is 6.54 Å². The highest BCUT2D eigenvalue weighted by Gasteiger charge is 2.15. The van der Waals surface area contributed by atoms with Gasteiger partial charge >= 0.3 is 0 Å². The smallest absolute Gasteiger partial charge is 0.133 e. The van der Waals surface area contributed by atoms with Crippen LogP contribution in [0.2, 0.25) is 0 Å². The maximum absolute atomic E-state index is 9.73. The number of rotatable bonds is 5. The fourth-order valence-corrected chi connectivity index (χ4v) is 2.42. The van der Waals surface area contributed by atoms with Crippen molar-refractivity contribution < 1.29 is 9.84 Å². The van der Waals surface area contributed by atoms with Crippen molar-refractivity contribution in [3.05, 3.63) is 28.2 Å². The molecule has 1 aromatic rings. The number of aliphatic hydroxyl groups is 1. The standard InChI is InChI=1S/C13H20BrNO2/c1-13(2,16)9-15(3)8-10-5-6-12(17-4)11(14)7-10/h5-7,16H,8-9H2,1-4H3. The van der Waals surface area contributed by atoms with E-state index in [0.717, 1.165) is 16.8 Å². The molecule has 0 atom stereocenters. The summed E-state index contributed by atoms with van der Waals surface area (Å²) in [7, 11) is 3.65. The molecule has 0 aliphatic rings. The van der Waals surface area contributed by atoms with E-state index in [2.05, 4.69) is 20.8 Å². The number of hydrogen-bond donors (Lipinski definition) is 1. The van der Waals surface area contributed by atoms with Crippen molar-refractivity contribution in [3.63, 3.8) is 0 Å². The number of methoxy groups -OCH3 is 1. The summed E-state index contributed by atoms with van der Waals surface area (Å²) in [6.07, 6.45) is 0. The molecule has 0 unspecified atom stereocenters. The van der Waals surface area contributed by atoms with Crippen molar-refractivity contribution >= 4 is 15.9 Å². The van der Waals surface area contributed by atoms with Gasteiger partial charge in [-0.3, -0.25) is 4.90 Å². The lowest BCUT2D eigenvalue weighted by Crippen LogP contribution is -2.35. The van der Waals surface area contributed by atoms with Crippen molar-refractivity contribution in [2.24, 2.45) is 0 Å². The fourth-order valence-electron chi connectivity index (χ4n) is 1.84. The number of benzene rings is 1. The molecular formula is C13H20BrNO2. The second-order valence-electron chi connectivity index (χ2n) is 4.95. The maximum atomic E-state index is 9.73. The lowest BCUT2D eigenvalue weighted by molar-refractivity contribution is 0.0425. The number of nitrogens with zero attached hydrogens (tertiary/aromatic N) is 1. The van der Waals surface area contributed by atoms with Crippen LogP contribution in [0.1, 0.15) is 19.4 Å². The van der Waals surface area contributed by atoms with E-state index in [1.54, 1.807) is 7.11 Å². The highest BCUT2D eigenvalue weighted by Crippen LogP contribution is 2.26. The van der Waals surface area contributed by atoms with Crippen LogP contribution in [0.4, 0.5) is 0 Å². The van der Waals surface area contributed by atoms with Crippen molar-refractivity contribution in [1.82, 2.24) is 4.90 Å². The summed E-state index contributed by atoms with van der Waals surface area (Å²) in [5.74, 6) is 0.832. The first-order valence-corrected chi connectivity index (χ1v) is 6.34. The van der Waals surface area contributed by atoms with E-state index in [-0.39, 0.29) is 0 Å². The Morgan fingerprint density at radius 1 is 1.41 bits per heavy atom. The third kappa shape index (κ3) is 5.06. The second-order valence-corrected chi connectivity index (χ2v) is 5.81. The number of hydrogen-bond acceptors (Lipinski definition) is 3. The fraction of sp³-hybridized carbons (Fsp3) is 0.538. The average Bonchev–Trinajstić information content (AvgIpc) is 2.14. The molecule has 0 aliphatic heterocycles. The van der Waals surface area contributed by atoms with Crippen LogP contribution >= 0.6 is 15.9 Å². The van der Waals surface area contributed by atoms with E-state index in [1.165, 1.54) is 5.56 Å². The van der Waals surface area contributed by atoms with E-state index < -0.39 is 5.60 Å². The van der Waals surface area contributed by atoms with Crippen LogP contribution in [-0.2, 0) is 6.54 Å². The van der Waals surface area contributed by atoms with Gasteiger partial charge in [0.15, 0.2) is 0 Å². The van der Waals surface area contributed by atoms with Gasteiger partial charge in [-0.2, -0.15) is 0 Å². The molecule has 0 aromatic heterocycles. The number of halogens is 1. The van der Waals surface area contributed by atoms with Crippen LogP contribution < -0.4 is 4.74 Å². The van der Waals surface area contributed by atoms with Crippen LogP contribution in [0, 0.1) is 0 Å². The normalized spacial score (nSPS) is 11.9. The Morgan fingerprint density at radius 2 is 2.06 bits per heavy atom. The summed E-state index contributed by atoms with van der Waals surface area (Å²) in [5.41, 5.74) is 0.516. The average molecular weight is 302 g/mol. The van der Waals surface area contributed by atoms with Crippen LogP contribution in [-0.4, -0.2) is 36.3 Å². The van der Waals surface area contributed by atoms with Crippen molar-refractivity contribution in [1.29, 1.82) is 0 Å². The summed E-state index contributed by atoms with van der Waals surface area (Å²) in [5, 5.41) is 9.73. The molecule has 0 amide bonds. The Hall–Kier alpha value is -0.580. The lowest BCUT2D eigenvalue weighted by Gasteiger charge is -2.25. The summed E-state index contributed by atoms with van der Waals surface area (Å²) < 4.78 is 6.14. The van der Waals surface area contributed by atoms with Gasteiger partial charge in [-0.25, -0.2) is 0 Å². The number of ether oxygens (including phenoxy) is 1. The molecule has 0 saturated heterocycles. The van der Waals surface area contributed by atoms with E-state index in [1.807, 2.05) is 39.1 Å². The van der Waals surface area contributed by atoms with E-state index in [9.17, 15) is 5.11 Å². The summed E-state index contributed by atoms with van der Waals surface area (Å²) in [6.45, 7) is 5.06. The molecule has 0 saturated carbocycles. The van der Waals surface area contributed by atoms with Gasteiger partial charge in [0.25, 0.3) is 0 Å². The molecule has 96 valence electrons. The minimum absolute atomic E-state index is 0.636. The van der Waals surface area contributed by atoms with Crippen LogP contribution in [0.5, 0.6) is 5.75 Å². The van der Waals surface area contributed by atoms with Gasteiger partial charge in [0, 0.05) is 13.1 Å². The van der Waals surface area contributed by atoms with E-state index >= 15 is 0 Å². The topological polar surface area (TPSA) is 32.7 Å². The molecule has 1 rings (SSSR count). The van der Waals surface area contributed by atoms with Gasteiger partial charge in [-0.05, 0) is 54.5 Å². The Balaban J connectivity index is 2.66. The van der Waals surface area contributed by atoms with Gasteiger partial charge < -0.3 is 9.84 Å². The highest BCUT2D eigenvalue weighted by molar-refractivity contribution is 9.10.